The Bertz CT molecular complexity index is 616. The van der Waals surface area contributed by atoms with Crippen LogP contribution in [0.1, 0.15) is 15.9 Å². The topological polar surface area (TPSA) is 52.3 Å². The van der Waals surface area contributed by atoms with Crippen molar-refractivity contribution in [2.45, 2.75) is 6.61 Å². The number of carbonyl (C=O) groups excluding carboxylic acids is 1. The first-order valence-corrected chi connectivity index (χ1v) is 5.90. The normalized spacial score (nSPS) is 10.2. The van der Waals surface area contributed by atoms with Gasteiger partial charge in [-0.15, -0.1) is 0 Å². The molecule has 0 aliphatic rings. The zero-order valence-electron chi connectivity index (χ0n) is 9.90. The molecule has 0 aliphatic carbocycles. The highest BCUT2D eigenvalue weighted by atomic mass is 35.5. The number of benzene rings is 2. The van der Waals surface area contributed by atoms with Crippen LogP contribution in [0.2, 0.25) is 5.02 Å². The van der Waals surface area contributed by atoms with Crippen LogP contribution in [-0.4, -0.2) is 5.97 Å². The fraction of sp³-hybridized carbons (Fsp3) is 0.0714. The summed E-state index contributed by atoms with van der Waals surface area (Å²) in [7, 11) is 0. The number of ether oxygens (including phenoxy) is 1. The van der Waals surface area contributed by atoms with Crippen LogP contribution in [0.15, 0.2) is 42.5 Å². The minimum Gasteiger partial charge on any atom is -0.457 e. The van der Waals surface area contributed by atoms with E-state index in [1.54, 1.807) is 24.3 Å². The molecule has 0 fully saturated rings. The lowest BCUT2D eigenvalue weighted by Crippen LogP contribution is -2.05. The Labute approximate surface area is 114 Å². The summed E-state index contributed by atoms with van der Waals surface area (Å²) in [4.78, 5) is 11.7. The van der Waals surface area contributed by atoms with E-state index in [4.69, 9.17) is 22.1 Å². The molecule has 2 aromatic carbocycles. The molecule has 0 atom stereocenters. The number of hydrogen-bond donors (Lipinski definition) is 1. The van der Waals surface area contributed by atoms with Gasteiger partial charge in [-0.1, -0.05) is 23.7 Å². The number of hydrogen-bond acceptors (Lipinski definition) is 3. The van der Waals surface area contributed by atoms with Gasteiger partial charge < -0.3 is 10.5 Å². The van der Waals surface area contributed by atoms with Crippen LogP contribution in [0.25, 0.3) is 0 Å². The van der Waals surface area contributed by atoms with Gasteiger partial charge in [0.2, 0.25) is 0 Å². The Morgan fingerprint density at radius 1 is 1.26 bits per heavy atom. The minimum atomic E-state index is -0.542. The highest BCUT2D eigenvalue weighted by Gasteiger charge is 2.08. The maximum Gasteiger partial charge on any atom is 0.338 e. The average molecular weight is 280 g/mol. The summed E-state index contributed by atoms with van der Waals surface area (Å²) in [6.07, 6.45) is 0. The van der Waals surface area contributed by atoms with Crippen LogP contribution in [0, 0.1) is 5.82 Å². The molecule has 0 bridgehead atoms. The second-order valence-corrected chi connectivity index (χ2v) is 4.36. The van der Waals surface area contributed by atoms with E-state index >= 15 is 0 Å². The summed E-state index contributed by atoms with van der Waals surface area (Å²) in [6, 6.07) is 10.7. The molecule has 0 unspecified atom stereocenters. The first kappa shape index (κ1) is 13.4. The van der Waals surface area contributed by atoms with Gasteiger partial charge in [-0.3, -0.25) is 0 Å². The summed E-state index contributed by atoms with van der Waals surface area (Å²) in [5, 5.41) is 0.0332. The summed E-state index contributed by atoms with van der Waals surface area (Å²) in [6.45, 7) is -0.0261. The van der Waals surface area contributed by atoms with Crippen molar-refractivity contribution in [2.24, 2.45) is 0 Å². The van der Waals surface area contributed by atoms with Gasteiger partial charge in [0, 0.05) is 5.69 Å². The standard InChI is InChI=1S/C14H11ClFNO2/c15-12-5-4-9(6-13(12)16)8-19-14(18)10-2-1-3-11(17)7-10/h1-7H,8,17H2. The number of carbonyl (C=O) groups is 1. The van der Waals surface area contributed by atoms with Crippen molar-refractivity contribution in [2.75, 3.05) is 5.73 Å². The van der Waals surface area contributed by atoms with Crippen LogP contribution < -0.4 is 5.73 Å². The Kier molecular flexibility index (Phi) is 4.02. The Morgan fingerprint density at radius 3 is 2.74 bits per heavy atom. The molecular weight excluding hydrogens is 269 g/mol. The van der Waals surface area contributed by atoms with Crippen LogP contribution in [-0.2, 0) is 11.3 Å². The number of esters is 1. The van der Waals surface area contributed by atoms with Crippen molar-refractivity contribution >= 4 is 23.3 Å². The van der Waals surface area contributed by atoms with Crippen molar-refractivity contribution in [3.05, 3.63) is 64.4 Å². The summed E-state index contributed by atoms with van der Waals surface area (Å²) < 4.78 is 18.3. The lowest BCUT2D eigenvalue weighted by atomic mass is 10.2. The summed E-state index contributed by atoms with van der Waals surface area (Å²) >= 11 is 5.56. The van der Waals surface area contributed by atoms with Crippen molar-refractivity contribution in [1.82, 2.24) is 0 Å². The molecule has 0 amide bonds. The van der Waals surface area contributed by atoms with E-state index in [0.29, 0.717) is 16.8 Å². The molecule has 98 valence electrons. The van der Waals surface area contributed by atoms with E-state index in [2.05, 4.69) is 0 Å². The van der Waals surface area contributed by atoms with E-state index < -0.39 is 11.8 Å². The van der Waals surface area contributed by atoms with E-state index in [9.17, 15) is 9.18 Å². The van der Waals surface area contributed by atoms with Crippen molar-refractivity contribution in [3.63, 3.8) is 0 Å². The van der Waals surface area contributed by atoms with Gasteiger partial charge in [-0.05, 0) is 35.9 Å². The quantitative estimate of drug-likeness (QED) is 0.692. The van der Waals surface area contributed by atoms with Crippen molar-refractivity contribution in [1.29, 1.82) is 0 Å². The molecule has 19 heavy (non-hydrogen) atoms. The largest absolute Gasteiger partial charge is 0.457 e. The summed E-state index contributed by atoms with van der Waals surface area (Å²) in [5.41, 5.74) is 6.93. The molecule has 3 nitrogen and oxygen atoms in total. The molecule has 0 saturated carbocycles. The molecule has 2 N–H and O–H groups in total. The number of nitrogens with two attached hydrogens (primary N) is 1. The summed E-state index contributed by atoms with van der Waals surface area (Å²) in [5.74, 6) is -1.05. The lowest BCUT2D eigenvalue weighted by molar-refractivity contribution is 0.0472. The third-order valence-electron chi connectivity index (χ3n) is 2.48. The number of anilines is 1. The maximum absolute atomic E-state index is 13.2. The van der Waals surface area contributed by atoms with Crippen LogP contribution in [0.4, 0.5) is 10.1 Å². The van der Waals surface area contributed by atoms with Gasteiger partial charge in [-0.2, -0.15) is 0 Å². The van der Waals surface area contributed by atoms with Crippen molar-refractivity contribution in [3.8, 4) is 0 Å². The zero-order chi connectivity index (χ0) is 13.8. The number of rotatable bonds is 3. The minimum absolute atomic E-state index is 0.0261. The van der Waals surface area contributed by atoms with Gasteiger partial charge >= 0.3 is 5.97 Å². The molecule has 2 rings (SSSR count). The van der Waals surface area contributed by atoms with Crippen LogP contribution in [0.5, 0.6) is 0 Å². The molecular formula is C14H11ClFNO2. The molecule has 0 radical (unpaired) electrons. The SMILES string of the molecule is Nc1cccc(C(=O)OCc2ccc(Cl)c(F)c2)c1. The Hall–Kier alpha value is -2.07. The highest BCUT2D eigenvalue weighted by Crippen LogP contribution is 2.16. The Balaban J connectivity index is 2.02. The fourth-order valence-electron chi connectivity index (χ4n) is 1.53. The van der Waals surface area contributed by atoms with Gasteiger partial charge in [0.15, 0.2) is 0 Å². The van der Waals surface area contributed by atoms with E-state index in [-0.39, 0.29) is 11.6 Å². The smallest absolute Gasteiger partial charge is 0.338 e. The first-order valence-electron chi connectivity index (χ1n) is 5.53. The lowest BCUT2D eigenvalue weighted by Gasteiger charge is -2.06. The maximum atomic E-state index is 13.2. The van der Waals surface area contributed by atoms with Gasteiger partial charge in [-0.25, -0.2) is 9.18 Å². The van der Waals surface area contributed by atoms with E-state index in [1.165, 1.54) is 18.2 Å². The third-order valence-corrected chi connectivity index (χ3v) is 2.78. The second-order valence-electron chi connectivity index (χ2n) is 3.95. The molecule has 0 spiro atoms. The average Bonchev–Trinajstić information content (AvgIpc) is 2.40. The predicted molar refractivity (Wildman–Crippen MR) is 71.4 cm³/mol. The predicted octanol–water partition coefficient (Wildman–Crippen LogP) is 3.42. The van der Waals surface area contributed by atoms with Crippen LogP contribution in [0.3, 0.4) is 0 Å². The number of halogens is 2. The molecule has 0 aromatic heterocycles. The van der Waals surface area contributed by atoms with Crippen LogP contribution >= 0.6 is 11.6 Å². The zero-order valence-corrected chi connectivity index (χ0v) is 10.7. The second kappa shape index (κ2) is 5.71. The van der Waals surface area contributed by atoms with Crippen molar-refractivity contribution < 1.29 is 13.9 Å². The Morgan fingerprint density at radius 2 is 2.05 bits per heavy atom. The molecule has 0 saturated heterocycles. The van der Waals surface area contributed by atoms with E-state index in [0.717, 1.165) is 0 Å². The van der Waals surface area contributed by atoms with Gasteiger partial charge in [0.25, 0.3) is 0 Å². The fourth-order valence-corrected chi connectivity index (χ4v) is 1.64. The number of nitrogen functional groups attached to an aromatic ring is 1. The monoisotopic (exact) mass is 279 g/mol. The first-order chi connectivity index (χ1) is 9.06. The molecule has 5 heteroatoms. The highest BCUT2D eigenvalue weighted by molar-refractivity contribution is 6.30. The van der Waals surface area contributed by atoms with E-state index in [1.807, 2.05) is 0 Å². The third kappa shape index (κ3) is 3.45. The van der Waals surface area contributed by atoms with Gasteiger partial charge in [0.05, 0.1) is 10.6 Å². The molecule has 0 heterocycles. The molecule has 0 aliphatic heterocycles. The molecule has 2 aromatic rings. The van der Waals surface area contributed by atoms with Gasteiger partial charge in [0.1, 0.15) is 12.4 Å².